The highest BCUT2D eigenvalue weighted by molar-refractivity contribution is 5.01. The molecule has 1 heterocycles. The lowest BCUT2D eigenvalue weighted by molar-refractivity contribution is -0.0236. The Labute approximate surface area is 106 Å². The van der Waals surface area contributed by atoms with Gasteiger partial charge in [0.2, 0.25) is 0 Å². The first kappa shape index (κ1) is 13.3. The smallest absolute Gasteiger partial charge is 0.0198 e. The molecule has 2 unspecified atom stereocenters. The molecule has 0 spiro atoms. The van der Waals surface area contributed by atoms with E-state index in [2.05, 4.69) is 30.9 Å². The number of nitrogens with zero attached hydrogens (tertiary/aromatic N) is 2. The summed E-state index contributed by atoms with van der Waals surface area (Å²) in [4.78, 5) is 4.95. The second kappa shape index (κ2) is 5.25. The summed E-state index contributed by atoms with van der Waals surface area (Å²) in [6.07, 6.45) is 6.80. The second-order valence-electron chi connectivity index (χ2n) is 6.49. The van der Waals surface area contributed by atoms with Crippen LogP contribution in [0.4, 0.5) is 0 Å². The maximum atomic E-state index is 6.11. The summed E-state index contributed by atoms with van der Waals surface area (Å²) in [5.41, 5.74) is 6.53. The molecule has 2 rings (SSSR count). The fraction of sp³-hybridized carbons (Fsp3) is 1.00. The van der Waals surface area contributed by atoms with Gasteiger partial charge in [0.15, 0.2) is 0 Å². The van der Waals surface area contributed by atoms with Crippen LogP contribution in [-0.2, 0) is 0 Å². The molecular formula is C14H29N3. The van der Waals surface area contributed by atoms with Crippen LogP contribution in [0.2, 0.25) is 0 Å². The Bertz CT molecular complexity index is 242. The predicted octanol–water partition coefficient (Wildman–Crippen LogP) is 1.39. The zero-order valence-electron chi connectivity index (χ0n) is 11.8. The van der Waals surface area contributed by atoms with Crippen molar-refractivity contribution in [2.45, 2.75) is 38.1 Å². The van der Waals surface area contributed by atoms with E-state index in [9.17, 15) is 0 Å². The van der Waals surface area contributed by atoms with Crippen LogP contribution in [0.1, 0.15) is 32.1 Å². The Kier molecular flexibility index (Phi) is 4.11. The first-order chi connectivity index (χ1) is 8.09. The minimum atomic E-state index is 0.423. The number of hydrogen-bond acceptors (Lipinski definition) is 3. The molecule has 1 aliphatic heterocycles. The van der Waals surface area contributed by atoms with E-state index in [0.29, 0.717) is 11.5 Å². The Morgan fingerprint density at radius 1 is 1.35 bits per heavy atom. The van der Waals surface area contributed by atoms with Gasteiger partial charge in [-0.2, -0.15) is 0 Å². The van der Waals surface area contributed by atoms with E-state index >= 15 is 0 Å². The van der Waals surface area contributed by atoms with Crippen LogP contribution in [0.25, 0.3) is 0 Å². The van der Waals surface area contributed by atoms with Crippen LogP contribution in [0.5, 0.6) is 0 Å². The van der Waals surface area contributed by atoms with Crippen molar-refractivity contribution in [2.75, 3.05) is 40.8 Å². The first-order valence-electron chi connectivity index (χ1n) is 7.14. The van der Waals surface area contributed by atoms with Crippen molar-refractivity contribution in [3.05, 3.63) is 0 Å². The SMILES string of the molecule is CN1CCCC(C(N(C)C)C2(CN)CCC2)C1. The Hall–Kier alpha value is -0.120. The molecular weight excluding hydrogens is 210 g/mol. The van der Waals surface area contributed by atoms with E-state index in [4.69, 9.17) is 5.73 Å². The topological polar surface area (TPSA) is 32.5 Å². The minimum Gasteiger partial charge on any atom is -0.330 e. The minimum absolute atomic E-state index is 0.423. The molecule has 0 aromatic rings. The fourth-order valence-electron chi connectivity index (χ4n) is 4.18. The maximum absolute atomic E-state index is 6.11. The summed E-state index contributed by atoms with van der Waals surface area (Å²) >= 11 is 0. The van der Waals surface area contributed by atoms with Gasteiger partial charge in [0.05, 0.1) is 0 Å². The molecule has 2 aliphatic rings. The summed E-state index contributed by atoms with van der Waals surface area (Å²) < 4.78 is 0. The molecule has 3 nitrogen and oxygen atoms in total. The maximum Gasteiger partial charge on any atom is 0.0198 e. The molecule has 0 bridgehead atoms. The molecule has 0 aromatic heterocycles. The van der Waals surface area contributed by atoms with Gasteiger partial charge >= 0.3 is 0 Å². The van der Waals surface area contributed by atoms with Crippen LogP contribution >= 0.6 is 0 Å². The molecule has 0 aromatic carbocycles. The molecule has 1 saturated carbocycles. The van der Waals surface area contributed by atoms with Gasteiger partial charge in [0, 0.05) is 12.6 Å². The van der Waals surface area contributed by atoms with E-state index < -0.39 is 0 Å². The molecule has 0 radical (unpaired) electrons. The number of likely N-dealkylation sites (tertiary alicyclic amines) is 1. The van der Waals surface area contributed by atoms with Crippen LogP contribution in [0.15, 0.2) is 0 Å². The number of rotatable bonds is 4. The van der Waals surface area contributed by atoms with Crippen molar-refractivity contribution in [1.29, 1.82) is 0 Å². The van der Waals surface area contributed by atoms with Gasteiger partial charge in [-0.3, -0.25) is 0 Å². The van der Waals surface area contributed by atoms with Gasteiger partial charge in [-0.15, -0.1) is 0 Å². The van der Waals surface area contributed by atoms with Gasteiger partial charge in [0.1, 0.15) is 0 Å². The van der Waals surface area contributed by atoms with Crippen LogP contribution in [0.3, 0.4) is 0 Å². The van der Waals surface area contributed by atoms with Crippen molar-refractivity contribution in [3.63, 3.8) is 0 Å². The fourth-order valence-corrected chi connectivity index (χ4v) is 4.18. The van der Waals surface area contributed by atoms with E-state index in [1.165, 1.54) is 45.2 Å². The molecule has 2 atom stereocenters. The molecule has 1 aliphatic carbocycles. The summed E-state index contributed by atoms with van der Waals surface area (Å²) in [5.74, 6) is 0.813. The Balaban J connectivity index is 2.11. The van der Waals surface area contributed by atoms with Crippen LogP contribution < -0.4 is 5.73 Å². The summed E-state index contributed by atoms with van der Waals surface area (Å²) in [6, 6.07) is 0.684. The zero-order valence-corrected chi connectivity index (χ0v) is 11.8. The van der Waals surface area contributed by atoms with Crippen LogP contribution in [0, 0.1) is 11.3 Å². The molecule has 0 amide bonds. The average molecular weight is 239 g/mol. The van der Waals surface area contributed by atoms with Gasteiger partial charge in [-0.05, 0) is 71.2 Å². The summed E-state index contributed by atoms with van der Waals surface area (Å²) in [5, 5.41) is 0. The quantitative estimate of drug-likeness (QED) is 0.804. The molecule has 2 fully saturated rings. The van der Waals surface area contributed by atoms with E-state index in [1.807, 2.05) is 0 Å². The van der Waals surface area contributed by atoms with Gasteiger partial charge in [0.25, 0.3) is 0 Å². The highest BCUT2D eigenvalue weighted by atomic mass is 15.2. The zero-order chi connectivity index (χ0) is 12.5. The summed E-state index contributed by atoms with van der Waals surface area (Å²) in [7, 11) is 6.75. The lowest BCUT2D eigenvalue weighted by Crippen LogP contribution is -2.58. The molecule has 100 valence electrons. The average Bonchev–Trinajstić information content (AvgIpc) is 2.22. The van der Waals surface area contributed by atoms with Crippen LogP contribution in [-0.4, -0.2) is 56.6 Å². The Morgan fingerprint density at radius 2 is 2.06 bits per heavy atom. The third kappa shape index (κ3) is 2.51. The summed E-state index contributed by atoms with van der Waals surface area (Å²) in [6.45, 7) is 3.40. The largest absolute Gasteiger partial charge is 0.330 e. The van der Waals surface area contributed by atoms with Gasteiger partial charge in [-0.25, -0.2) is 0 Å². The van der Waals surface area contributed by atoms with E-state index in [-0.39, 0.29) is 0 Å². The van der Waals surface area contributed by atoms with Gasteiger partial charge in [-0.1, -0.05) is 6.42 Å². The van der Waals surface area contributed by atoms with Gasteiger partial charge < -0.3 is 15.5 Å². The Morgan fingerprint density at radius 3 is 2.47 bits per heavy atom. The van der Waals surface area contributed by atoms with Crippen molar-refractivity contribution in [3.8, 4) is 0 Å². The molecule has 3 heteroatoms. The number of hydrogen-bond donors (Lipinski definition) is 1. The monoisotopic (exact) mass is 239 g/mol. The van der Waals surface area contributed by atoms with Crippen molar-refractivity contribution >= 4 is 0 Å². The highest BCUT2D eigenvalue weighted by Crippen LogP contribution is 2.48. The standard InChI is InChI=1S/C14H29N3/c1-16(2)13(14(11-15)7-5-8-14)12-6-4-9-17(3)10-12/h12-13H,4-11,15H2,1-3H3. The first-order valence-corrected chi connectivity index (χ1v) is 7.14. The molecule has 2 N–H and O–H groups in total. The number of piperidine rings is 1. The highest BCUT2D eigenvalue weighted by Gasteiger charge is 2.47. The number of nitrogens with two attached hydrogens (primary N) is 1. The third-order valence-electron chi connectivity index (χ3n) is 5.05. The molecule has 17 heavy (non-hydrogen) atoms. The second-order valence-corrected chi connectivity index (χ2v) is 6.49. The van der Waals surface area contributed by atoms with E-state index in [0.717, 1.165) is 12.5 Å². The lowest BCUT2D eigenvalue weighted by Gasteiger charge is -2.54. The van der Waals surface area contributed by atoms with Crippen molar-refractivity contribution in [1.82, 2.24) is 9.80 Å². The molecule has 1 saturated heterocycles. The van der Waals surface area contributed by atoms with E-state index in [1.54, 1.807) is 0 Å². The normalized spacial score (nSPS) is 31.2. The third-order valence-corrected chi connectivity index (χ3v) is 5.05. The predicted molar refractivity (Wildman–Crippen MR) is 73.0 cm³/mol. The lowest BCUT2D eigenvalue weighted by atomic mass is 9.60. The van der Waals surface area contributed by atoms with Crippen molar-refractivity contribution < 1.29 is 0 Å². The van der Waals surface area contributed by atoms with Crippen molar-refractivity contribution in [2.24, 2.45) is 17.1 Å².